The number of hydrogen-bond donors (Lipinski definition) is 2. The van der Waals surface area contributed by atoms with Crippen LogP contribution in [0.5, 0.6) is 0 Å². The van der Waals surface area contributed by atoms with Crippen molar-refractivity contribution in [3.8, 4) is 0 Å². The Kier molecular flexibility index (Phi) is 4.83. The monoisotopic (exact) mass is 314 g/mol. The van der Waals surface area contributed by atoms with Gasteiger partial charge in [0.1, 0.15) is 0 Å². The predicted octanol–water partition coefficient (Wildman–Crippen LogP) is 3.62. The van der Waals surface area contributed by atoms with Gasteiger partial charge >= 0.3 is 5.97 Å². The van der Waals surface area contributed by atoms with Gasteiger partial charge in [0.05, 0.1) is 22.7 Å². The second-order valence-corrected chi connectivity index (χ2v) is 5.78. The molecule has 1 aromatic carbocycles. The molecule has 0 spiro atoms. The molecule has 6 heteroatoms. The number of nitrogens with zero attached hydrogens (tertiary/aromatic N) is 3. The number of aromatic nitrogens is 2. The van der Waals surface area contributed by atoms with E-state index in [0.29, 0.717) is 5.69 Å². The van der Waals surface area contributed by atoms with Gasteiger partial charge in [-0.15, -0.1) is 0 Å². The molecular weight excluding hydrogens is 292 g/mol. The van der Waals surface area contributed by atoms with E-state index in [-0.39, 0.29) is 11.6 Å². The molecule has 6 nitrogen and oxygen atoms in total. The third-order valence-electron chi connectivity index (χ3n) is 3.64. The zero-order valence-electron chi connectivity index (χ0n) is 14.1. The van der Waals surface area contributed by atoms with E-state index in [1.807, 2.05) is 25.5 Å². The zero-order chi connectivity index (χ0) is 17.1. The number of hydrazone groups is 1. The lowest BCUT2D eigenvalue weighted by molar-refractivity contribution is 0.0697. The van der Waals surface area contributed by atoms with Crippen LogP contribution in [-0.4, -0.2) is 26.6 Å². The highest BCUT2D eigenvalue weighted by Crippen LogP contribution is 2.18. The summed E-state index contributed by atoms with van der Waals surface area (Å²) in [4.78, 5) is 11.0. The van der Waals surface area contributed by atoms with Crippen LogP contribution in [0.3, 0.4) is 0 Å². The molecule has 0 unspecified atom stereocenters. The number of anilines is 1. The van der Waals surface area contributed by atoms with Gasteiger partial charge in [-0.2, -0.15) is 10.2 Å². The minimum absolute atomic E-state index is 0.225. The minimum atomic E-state index is -0.959. The average molecular weight is 314 g/mol. The van der Waals surface area contributed by atoms with Gasteiger partial charge in [0.15, 0.2) is 0 Å². The van der Waals surface area contributed by atoms with E-state index in [9.17, 15) is 4.79 Å². The van der Waals surface area contributed by atoms with Crippen molar-refractivity contribution in [3.05, 3.63) is 46.8 Å². The molecule has 0 saturated heterocycles. The van der Waals surface area contributed by atoms with Crippen LogP contribution in [0.4, 0.5) is 5.69 Å². The predicted molar refractivity (Wildman–Crippen MR) is 91.3 cm³/mol. The first-order valence-electron chi connectivity index (χ1n) is 7.51. The number of benzene rings is 1. The molecule has 2 rings (SSSR count). The molecule has 0 bridgehead atoms. The first-order valence-corrected chi connectivity index (χ1v) is 7.51. The van der Waals surface area contributed by atoms with E-state index in [1.165, 1.54) is 0 Å². The van der Waals surface area contributed by atoms with Crippen LogP contribution in [0.1, 0.15) is 54.1 Å². The second kappa shape index (κ2) is 6.64. The van der Waals surface area contributed by atoms with E-state index >= 15 is 0 Å². The third kappa shape index (κ3) is 3.59. The number of aromatic carboxylic acids is 1. The van der Waals surface area contributed by atoms with Crippen molar-refractivity contribution in [2.75, 3.05) is 5.43 Å². The van der Waals surface area contributed by atoms with Gasteiger partial charge < -0.3 is 5.11 Å². The molecule has 0 aliphatic rings. The molecule has 0 radical (unpaired) electrons. The van der Waals surface area contributed by atoms with Crippen molar-refractivity contribution in [1.82, 2.24) is 9.78 Å². The molecule has 0 aliphatic carbocycles. The van der Waals surface area contributed by atoms with Gasteiger partial charge in [0.25, 0.3) is 0 Å². The largest absolute Gasteiger partial charge is 0.478 e. The lowest BCUT2D eigenvalue weighted by Crippen LogP contribution is -2.07. The topological polar surface area (TPSA) is 79.5 Å². The molecule has 2 aromatic rings. The molecule has 1 aromatic heterocycles. The lowest BCUT2D eigenvalue weighted by atomic mass is 10.1. The summed E-state index contributed by atoms with van der Waals surface area (Å²) in [5.41, 5.74) is 7.60. The molecular formula is C17H22N4O2. The number of carbonyl (C=O) groups is 1. The average Bonchev–Trinajstić information content (AvgIpc) is 2.80. The van der Waals surface area contributed by atoms with Gasteiger partial charge in [-0.3, -0.25) is 10.1 Å². The molecule has 0 amide bonds. The number of aryl methyl sites for hydroxylation is 1. The highest BCUT2D eigenvalue weighted by atomic mass is 16.4. The van der Waals surface area contributed by atoms with Crippen molar-refractivity contribution in [2.24, 2.45) is 5.10 Å². The smallest absolute Gasteiger partial charge is 0.335 e. The summed E-state index contributed by atoms with van der Waals surface area (Å²) in [6, 6.07) is 6.85. The maximum absolute atomic E-state index is 11.0. The van der Waals surface area contributed by atoms with Gasteiger partial charge in [-0.1, -0.05) is 6.07 Å². The van der Waals surface area contributed by atoms with Crippen LogP contribution in [0.2, 0.25) is 0 Å². The first-order chi connectivity index (χ1) is 10.8. The first kappa shape index (κ1) is 16.7. The zero-order valence-corrected chi connectivity index (χ0v) is 14.1. The Bertz CT molecular complexity index is 760. The summed E-state index contributed by atoms with van der Waals surface area (Å²) in [5, 5.41) is 18.0. The molecule has 0 fully saturated rings. The van der Waals surface area contributed by atoms with Gasteiger partial charge in [0, 0.05) is 17.3 Å². The van der Waals surface area contributed by atoms with Crippen LogP contribution < -0.4 is 5.43 Å². The number of nitrogens with one attached hydrogen (secondary N) is 1. The van der Waals surface area contributed by atoms with Crippen molar-refractivity contribution in [1.29, 1.82) is 0 Å². The van der Waals surface area contributed by atoms with Crippen LogP contribution in [0.25, 0.3) is 0 Å². The Morgan fingerprint density at radius 2 is 2.04 bits per heavy atom. The summed E-state index contributed by atoms with van der Waals surface area (Å²) < 4.78 is 1.98. The Morgan fingerprint density at radius 3 is 2.61 bits per heavy atom. The fourth-order valence-electron chi connectivity index (χ4n) is 2.62. The van der Waals surface area contributed by atoms with Crippen molar-refractivity contribution >= 4 is 17.4 Å². The van der Waals surface area contributed by atoms with Gasteiger partial charge in [-0.25, -0.2) is 4.79 Å². The number of rotatable bonds is 5. The molecule has 23 heavy (non-hydrogen) atoms. The van der Waals surface area contributed by atoms with E-state index in [4.69, 9.17) is 5.11 Å². The fourth-order valence-corrected chi connectivity index (χ4v) is 2.62. The summed E-state index contributed by atoms with van der Waals surface area (Å²) >= 11 is 0. The quantitative estimate of drug-likeness (QED) is 0.652. The third-order valence-corrected chi connectivity index (χ3v) is 3.64. The molecule has 0 aliphatic heterocycles. The molecule has 0 saturated carbocycles. The summed E-state index contributed by atoms with van der Waals surface area (Å²) in [5.74, 6) is -0.959. The van der Waals surface area contributed by atoms with Crippen molar-refractivity contribution in [3.63, 3.8) is 0 Å². The maximum atomic E-state index is 11.0. The number of carboxylic acids is 1. The standard InChI is InChI=1S/C17H22N4O2/c1-10(2)21-13(5)16(12(4)20-21)11(3)18-19-15-8-6-7-14(9-15)17(22)23/h6-10,19H,1-5H3,(H,22,23)/b18-11+. The Morgan fingerprint density at radius 1 is 1.35 bits per heavy atom. The molecule has 0 atom stereocenters. The molecule has 122 valence electrons. The maximum Gasteiger partial charge on any atom is 0.335 e. The van der Waals surface area contributed by atoms with Crippen LogP contribution in [0, 0.1) is 13.8 Å². The normalized spacial score (nSPS) is 11.8. The van der Waals surface area contributed by atoms with Crippen LogP contribution in [-0.2, 0) is 0 Å². The van der Waals surface area contributed by atoms with Gasteiger partial charge in [-0.05, 0) is 52.8 Å². The second-order valence-electron chi connectivity index (χ2n) is 5.78. The van der Waals surface area contributed by atoms with E-state index < -0.39 is 5.97 Å². The summed E-state index contributed by atoms with van der Waals surface area (Å²) in [6.07, 6.45) is 0. The van der Waals surface area contributed by atoms with Crippen LogP contribution >= 0.6 is 0 Å². The number of carboxylic acid groups (broad SMARTS) is 1. The van der Waals surface area contributed by atoms with E-state index in [2.05, 4.69) is 29.5 Å². The van der Waals surface area contributed by atoms with E-state index in [0.717, 1.165) is 22.7 Å². The Labute approximate surface area is 135 Å². The summed E-state index contributed by atoms with van der Waals surface area (Å²) in [6.45, 7) is 10.1. The minimum Gasteiger partial charge on any atom is -0.478 e. The molecule has 1 heterocycles. The van der Waals surface area contributed by atoms with Gasteiger partial charge in [0.2, 0.25) is 0 Å². The lowest BCUT2D eigenvalue weighted by Gasteiger charge is -2.09. The van der Waals surface area contributed by atoms with Crippen molar-refractivity contribution in [2.45, 2.75) is 40.7 Å². The van der Waals surface area contributed by atoms with Crippen molar-refractivity contribution < 1.29 is 9.90 Å². The SMILES string of the molecule is C/C(=N\Nc1cccc(C(=O)O)c1)c1c(C)nn(C(C)C)c1C. The molecule has 2 N–H and O–H groups in total. The van der Waals surface area contributed by atoms with Crippen LogP contribution in [0.15, 0.2) is 29.4 Å². The summed E-state index contributed by atoms with van der Waals surface area (Å²) in [7, 11) is 0. The fraction of sp³-hybridized carbons (Fsp3) is 0.353. The number of hydrogen-bond acceptors (Lipinski definition) is 4. The van der Waals surface area contributed by atoms with E-state index in [1.54, 1.807) is 24.3 Å². The Hall–Kier alpha value is -2.63. The highest BCUT2D eigenvalue weighted by Gasteiger charge is 2.15. The highest BCUT2D eigenvalue weighted by molar-refractivity contribution is 6.01. The Balaban J connectivity index is 2.27.